The van der Waals surface area contributed by atoms with E-state index < -0.39 is 0 Å². The second-order valence-corrected chi connectivity index (χ2v) is 5.30. The fourth-order valence-electron chi connectivity index (χ4n) is 1.31. The zero-order valence-electron chi connectivity index (χ0n) is 8.77. The Morgan fingerprint density at radius 3 is 3.06 bits per heavy atom. The maximum atomic E-state index is 10.7. The van der Waals surface area contributed by atoms with E-state index in [1.807, 2.05) is 0 Å². The van der Waals surface area contributed by atoms with Crippen molar-refractivity contribution in [1.29, 1.82) is 0 Å². The van der Waals surface area contributed by atoms with Crippen molar-refractivity contribution in [2.75, 3.05) is 5.75 Å². The van der Waals surface area contributed by atoms with Crippen LogP contribution in [-0.4, -0.2) is 21.6 Å². The molecule has 0 unspecified atom stereocenters. The maximum Gasteiger partial charge on any atom is 0.227 e. The number of nitrogens with zero attached hydrogens (tertiary/aromatic N) is 2. The van der Waals surface area contributed by atoms with Crippen molar-refractivity contribution in [1.82, 2.24) is 9.97 Å². The Morgan fingerprint density at radius 2 is 2.38 bits per heavy atom. The van der Waals surface area contributed by atoms with E-state index in [1.54, 1.807) is 11.3 Å². The lowest BCUT2D eigenvalue weighted by molar-refractivity contribution is -0.115. The Morgan fingerprint density at radius 1 is 1.56 bits per heavy atom. The molecule has 0 atom stereocenters. The van der Waals surface area contributed by atoms with Gasteiger partial charge in [0.2, 0.25) is 5.91 Å². The molecule has 0 aliphatic carbocycles. The molecule has 0 spiro atoms. The van der Waals surface area contributed by atoms with Crippen molar-refractivity contribution < 1.29 is 4.79 Å². The maximum absolute atomic E-state index is 10.7. The lowest BCUT2D eigenvalue weighted by Crippen LogP contribution is -2.13. The first-order valence-corrected chi connectivity index (χ1v) is 6.65. The van der Waals surface area contributed by atoms with Gasteiger partial charge in [0, 0.05) is 10.3 Å². The molecule has 0 aliphatic heterocycles. The van der Waals surface area contributed by atoms with E-state index in [1.165, 1.54) is 23.0 Å². The average molecular weight is 253 g/mol. The lowest BCUT2D eigenvalue weighted by Gasteiger charge is -1.98. The van der Waals surface area contributed by atoms with E-state index in [0.717, 1.165) is 21.7 Å². The third-order valence-electron chi connectivity index (χ3n) is 2.04. The predicted molar refractivity (Wildman–Crippen MR) is 66.7 cm³/mol. The Kier molecular flexibility index (Phi) is 3.40. The van der Waals surface area contributed by atoms with Gasteiger partial charge >= 0.3 is 0 Å². The van der Waals surface area contributed by atoms with Gasteiger partial charge in [0.25, 0.3) is 0 Å². The Labute approximate surface area is 101 Å². The number of rotatable bonds is 4. The van der Waals surface area contributed by atoms with E-state index in [2.05, 4.69) is 23.0 Å². The molecule has 0 saturated carbocycles. The normalized spacial score (nSPS) is 10.8. The Bertz CT molecular complexity index is 524. The van der Waals surface area contributed by atoms with Gasteiger partial charge in [0.1, 0.15) is 16.2 Å². The number of fused-ring (bicyclic) bond motifs is 1. The molecule has 0 bridgehead atoms. The van der Waals surface area contributed by atoms with Crippen LogP contribution in [0.2, 0.25) is 0 Å². The van der Waals surface area contributed by atoms with Crippen LogP contribution in [0.15, 0.2) is 17.4 Å². The fourth-order valence-corrected chi connectivity index (χ4v) is 3.02. The molecule has 4 nitrogen and oxygen atoms in total. The van der Waals surface area contributed by atoms with Gasteiger partial charge in [0.15, 0.2) is 0 Å². The van der Waals surface area contributed by atoms with Crippen LogP contribution in [0.5, 0.6) is 0 Å². The van der Waals surface area contributed by atoms with E-state index in [9.17, 15) is 4.79 Å². The van der Waals surface area contributed by atoms with Crippen LogP contribution in [0.3, 0.4) is 0 Å². The summed E-state index contributed by atoms with van der Waals surface area (Å²) >= 11 is 3.03. The van der Waals surface area contributed by atoms with Gasteiger partial charge in [-0.3, -0.25) is 4.79 Å². The first kappa shape index (κ1) is 11.3. The summed E-state index contributed by atoms with van der Waals surface area (Å²) in [6, 6.07) is 2.09. The number of hydrogen-bond acceptors (Lipinski definition) is 5. The molecule has 6 heteroatoms. The number of amides is 1. The number of aryl methyl sites for hydroxylation is 1. The fraction of sp³-hybridized carbons (Fsp3) is 0.300. The predicted octanol–water partition coefficient (Wildman–Crippen LogP) is 1.83. The number of carbonyl (C=O) groups excluding carboxylic acids is 1. The molecule has 2 N–H and O–H groups in total. The monoisotopic (exact) mass is 253 g/mol. The van der Waals surface area contributed by atoms with E-state index in [0.29, 0.717) is 0 Å². The highest BCUT2D eigenvalue weighted by atomic mass is 32.2. The molecule has 2 aromatic rings. The van der Waals surface area contributed by atoms with Crippen LogP contribution in [0.25, 0.3) is 10.2 Å². The number of hydrogen-bond donors (Lipinski definition) is 1. The van der Waals surface area contributed by atoms with Gasteiger partial charge < -0.3 is 5.73 Å². The lowest BCUT2D eigenvalue weighted by atomic mass is 10.3. The molecule has 84 valence electrons. The van der Waals surface area contributed by atoms with Crippen LogP contribution in [0, 0.1) is 0 Å². The van der Waals surface area contributed by atoms with Crippen molar-refractivity contribution >= 4 is 39.2 Å². The minimum absolute atomic E-state index is 0.253. The third kappa shape index (κ3) is 2.33. The summed E-state index contributed by atoms with van der Waals surface area (Å²) in [7, 11) is 0. The number of thioether (sulfide) groups is 1. The van der Waals surface area contributed by atoms with Crippen LogP contribution in [-0.2, 0) is 11.2 Å². The second kappa shape index (κ2) is 4.80. The molecule has 0 saturated heterocycles. The second-order valence-electron chi connectivity index (χ2n) is 3.22. The van der Waals surface area contributed by atoms with Gasteiger partial charge in [-0.25, -0.2) is 9.97 Å². The first-order valence-electron chi connectivity index (χ1n) is 4.85. The summed E-state index contributed by atoms with van der Waals surface area (Å²) in [5.74, 6) is -0.0774. The van der Waals surface area contributed by atoms with E-state index in [-0.39, 0.29) is 11.7 Å². The summed E-state index contributed by atoms with van der Waals surface area (Å²) in [6.07, 6.45) is 2.52. The molecule has 0 fully saturated rings. The van der Waals surface area contributed by atoms with Crippen molar-refractivity contribution in [3.63, 3.8) is 0 Å². The van der Waals surface area contributed by atoms with Crippen LogP contribution in [0.1, 0.15) is 11.8 Å². The molecule has 0 aliphatic rings. The first-order chi connectivity index (χ1) is 7.70. The van der Waals surface area contributed by atoms with Crippen LogP contribution < -0.4 is 5.73 Å². The van der Waals surface area contributed by atoms with Gasteiger partial charge in [-0.2, -0.15) is 0 Å². The highest BCUT2D eigenvalue weighted by Gasteiger charge is 2.09. The Balaban J connectivity index is 2.36. The number of aromatic nitrogens is 2. The van der Waals surface area contributed by atoms with E-state index >= 15 is 0 Å². The average Bonchev–Trinajstić information content (AvgIpc) is 2.69. The summed E-state index contributed by atoms with van der Waals surface area (Å²) in [5.41, 5.74) is 5.12. The summed E-state index contributed by atoms with van der Waals surface area (Å²) in [5, 5.41) is 1.86. The standard InChI is InChI=1S/C10H11N3OS2/c1-2-6-3-7-9(15-4-8(11)14)12-5-13-10(7)16-6/h3,5H,2,4H2,1H3,(H2,11,14). The van der Waals surface area contributed by atoms with Crippen molar-refractivity contribution in [2.24, 2.45) is 5.73 Å². The minimum atomic E-state index is -0.331. The van der Waals surface area contributed by atoms with E-state index in [4.69, 9.17) is 5.73 Å². The van der Waals surface area contributed by atoms with Gasteiger partial charge in [-0.05, 0) is 12.5 Å². The van der Waals surface area contributed by atoms with Crippen LogP contribution >= 0.6 is 23.1 Å². The summed E-state index contributed by atoms with van der Waals surface area (Å²) in [6.45, 7) is 2.11. The van der Waals surface area contributed by atoms with Crippen LogP contribution in [0.4, 0.5) is 0 Å². The highest BCUT2D eigenvalue weighted by molar-refractivity contribution is 8.00. The Hall–Kier alpha value is -1.14. The largest absolute Gasteiger partial charge is 0.369 e. The molecular weight excluding hydrogens is 242 g/mol. The molecule has 2 rings (SSSR count). The van der Waals surface area contributed by atoms with Crippen molar-refractivity contribution in [2.45, 2.75) is 18.4 Å². The molecule has 2 aromatic heterocycles. The number of primary amides is 1. The van der Waals surface area contributed by atoms with Gasteiger partial charge in [0.05, 0.1) is 5.75 Å². The molecule has 0 aromatic carbocycles. The topological polar surface area (TPSA) is 68.9 Å². The molecule has 1 amide bonds. The zero-order chi connectivity index (χ0) is 11.5. The van der Waals surface area contributed by atoms with Gasteiger partial charge in [-0.1, -0.05) is 18.7 Å². The quantitative estimate of drug-likeness (QED) is 0.666. The summed E-state index contributed by atoms with van der Waals surface area (Å²) < 4.78 is 0. The van der Waals surface area contributed by atoms with Gasteiger partial charge in [-0.15, -0.1) is 11.3 Å². The van der Waals surface area contributed by atoms with Crippen molar-refractivity contribution in [3.8, 4) is 0 Å². The molecular formula is C10H11N3OS2. The minimum Gasteiger partial charge on any atom is -0.369 e. The highest BCUT2D eigenvalue weighted by Crippen LogP contribution is 2.30. The SMILES string of the molecule is CCc1cc2c(SCC(N)=O)ncnc2s1. The summed E-state index contributed by atoms with van der Waals surface area (Å²) in [4.78, 5) is 21.4. The molecule has 0 radical (unpaired) electrons. The molecule has 16 heavy (non-hydrogen) atoms. The zero-order valence-corrected chi connectivity index (χ0v) is 10.4. The third-order valence-corrected chi connectivity index (χ3v) is 4.26. The smallest absolute Gasteiger partial charge is 0.227 e. The number of thiophene rings is 1. The molecule has 2 heterocycles. The van der Waals surface area contributed by atoms with Crippen molar-refractivity contribution in [3.05, 3.63) is 17.3 Å². The number of nitrogens with two attached hydrogens (primary N) is 1. The number of carbonyl (C=O) groups is 1.